The summed E-state index contributed by atoms with van der Waals surface area (Å²) in [5.74, 6) is -0.750. The average Bonchev–Trinajstić information content (AvgIpc) is 2.72. The minimum atomic E-state index is -1.81. The van der Waals surface area contributed by atoms with Crippen LogP contribution < -0.4 is 5.56 Å². The molecule has 2 aliphatic heterocycles. The lowest BCUT2D eigenvalue weighted by molar-refractivity contribution is -0.172. The van der Waals surface area contributed by atoms with Gasteiger partial charge in [-0.2, -0.15) is 0 Å². The Morgan fingerprint density at radius 2 is 2.25 bits per heavy atom. The SMILES string of the molecule is C=C1Cn2c(cc3c(c2=O)COC(=O)[C@]3(O)CC)C1=N. The number of nitrogens with one attached hydrogen (secondary N) is 1. The maximum absolute atomic E-state index is 12.4. The molecule has 0 aromatic carbocycles. The highest BCUT2D eigenvalue weighted by Gasteiger charge is 2.45. The van der Waals surface area contributed by atoms with Crippen LogP contribution in [0.1, 0.15) is 30.2 Å². The minimum absolute atomic E-state index is 0.107. The normalized spacial score (nSPS) is 24.4. The first-order chi connectivity index (χ1) is 9.40. The number of fused-ring (bicyclic) bond motifs is 2. The molecule has 0 saturated carbocycles. The van der Waals surface area contributed by atoms with E-state index in [9.17, 15) is 14.7 Å². The second-order valence-corrected chi connectivity index (χ2v) is 5.08. The summed E-state index contributed by atoms with van der Waals surface area (Å²) in [4.78, 5) is 24.2. The van der Waals surface area contributed by atoms with Crippen LogP contribution in [0.4, 0.5) is 0 Å². The Hall–Kier alpha value is -2.21. The van der Waals surface area contributed by atoms with Crippen LogP contribution in [0.5, 0.6) is 0 Å². The Morgan fingerprint density at radius 1 is 1.55 bits per heavy atom. The highest BCUT2D eigenvalue weighted by Crippen LogP contribution is 2.34. The van der Waals surface area contributed by atoms with Gasteiger partial charge in [0.25, 0.3) is 5.56 Å². The summed E-state index contributed by atoms with van der Waals surface area (Å²) in [6, 6.07) is 1.54. The zero-order chi connectivity index (χ0) is 14.7. The van der Waals surface area contributed by atoms with Gasteiger partial charge in [0.1, 0.15) is 6.61 Å². The first-order valence-electron chi connectivity index (χ1n) is 6.34. The Morgan fingerprint density at radius 3 is 2.90 bits per heavy atom. The summed E-state index contributed by atoms with van der Waals surface area (Å²) in [7, 11) is 0. The number of allylic oxidation sites excluding steroid dienone is 1. The number of hydrogen-bond donors (Lipinski definition) is 2. The number of carbonyl (C=O) groups is 1. The van der Waals surface area contributed by atoms with Crippen molar-refractivity contribution in [2.45, 2.75) is 32.1 Å². The van der Waals surface area contributed by atoms with Crippen LogP contribution in [0.2, 0.25) is 0 Å². The van der Waals surface area contributed by atoms with Gasteiger partial charge in [0, 0.05) is 5.56 Å². The fraction of sp³-hybridized carbons (Fsp3) is 0.357. The third kappa shape index (κ3) is 1.39. The molecule has 0 amide bonds. The van der Waals surface area contributed by atoms with E-state index in [4.69, 9.17) is 10.1 Å². The Bertz CT molecular complexity index is 731. The molecule has 0 unspecified atom stereocenters. The first-order valence-corrected chi connectivity index (χ1v) is 6.34. The molecule has 0 fully saturated rings. The van der Waals surface area contributed by atoms with Crippen molar-refractivity contribution < 1.29 is 14.6 Å². The van der Waals surface area contributed by atoms with Crippen LogP contribution in [0.3, 0.4) is 0 Å². The number of ether oxygens (including phenoxy) is 1. The predicted octanol–water partition coefficient (Wildman–Crippen LogP) is 0.440. The number of aliphatic hydroxyl groups is 1. The van der Waals surface area contributed by atoms with Crippen LogP contribution >= 0.6 is 0 Å². The highest BCUT2D eigenvalue weighted by molar-refractivity contribution is 6.11. The number of rotatable bonds is 1. The number of carbonyl (C=O) groups excluding carboxylic acids is 1. The Balaban J connectivity index is 2.34. The van der Waals surface area contributed by atoms with Crippen molar-refractivity contribution >= 4 is 11.7 Å². The zero-order valence-corrected chi connectivity index (χ0v) is 11.0. The topological polar surface area (TPSA) is 92.4 Å². The largest absolute Gasteiger partial charge is 0.458 e. The number of pyridine rings is 1. The van der Waals surface area contributed by atoms with Gasteiger partial charge in [-0.05, 0) is 18.1 Å². The molecule has 2 aliphatic rings. The van der Waals surface area contributed by atoms with E-state index in [1.54, 1.807) is 13.0 Å². The number of nitrogens with zero attached hydrogens (tertiary/aromatic N) is 1. The van der Waals surface area contributed by atoms with Gasteiger partial charge in [0.2, 0.25) is 0 Å². The van der Waals surface area contributed by atoms with Crippen molar-refractivity contribution in [1.82, 2.24) is 4.57 Å². The summed E-state index contributed by atoms with van der Waals surface area (Å²) in [5.41, 5.74) is -0.515. The zero-order valence-electron chi connectivity index (χ0n) is 11.0. The first kappa shape index (κ1) is 12.8. The van der Waals surface area contributed by atoms with Crippen molar-refractivity contribution in [1.29, 1.82) is 5.41 Å². The molecule has 2 N–H and O–H groups in total. The number of aromatic nitrogens is 1. The molecule has 20 heavy (non-hydrogen) atoms. The summed E-state index contributed by atoms with van der Waals surface area (Å²) in [6.45, 7) is 5.51. The van der Waals surface area contributed by atoms with Gasteiger partial charge in [0.05, 0.1) is 23.5 Å². The lowest BCUT2D eigenvalue weighted by Crippen LogP contribution is -2.44. The van der Waals surface area contributed by atoms with Crippen molar-refractivity contribution in [3.8, 4) is 0 Å². The van der Waals surface area contributed by atoms with Crippen LogP contribution in [-0.4, -0.2) is 21.4 Å². The summed E-state index contributed by atoms with van der Waals surface area (Å²) >= 11 is 0. The fourth-order valence-electron chi connectivity index (χ4n) is 2.71. The summed E-state index contributed by atoms with van der Waals surface area (Å²) in [5, 5.41) is 18.4. The van der Waals surface area contributed by atoms with Gasteiger partial charge in [-0.15, -0.1) is 0 Å². The fourth-order valence-corrected chi connectivity index (χ4v) is 2.71. The Labute approximate surface area is 114 Å². The molecule has 0 aliphatic carbocycles. The molecule has 1 atom stereocenters. The van der Waals surface area contributed by atoms with Gasteiger partial charge in [-0.1, -0.05) is 13.5 Å². The third-order valence-electron chi connectivity index (χ3n) is 4.00. The monoisotopic (exact) mass is 274 g/mol. The molecular formula is C14H14N2O4. The highest BCUT2D eigenvalue weighted by atomic mass is 16.6. The predicted molar refractivity (Wildman–Crippen MR) is 70.7 cm³/mol. The molecule has 1 aromatic heterocycles. The van der Waals surface area contributed by atoms with E-state index in [-0.39, 0.29) is 42.0 Å². The van der Waals surface area contributed by atoms with Crippen molar-refractivity contribution in [2.75, 3.05) is 0 Å². The molecule has 0 radical (unpaired) electrons. The van der Waals surface area contributed by atoms with Crippen LogP contribution in [0.15, 0.2) is 23.0 Å². The molecule has 0 spiro atoms. The number of hydrogen-bond acceptors (Lipinski definition) is 5. The Kier molecular flexibility index (Phi) is 2.49. The lowest BCUT2D eigenvalue weighted by Gasteiger charge is -2.31. The molecule has 3 heterocycles. The van der Waals surface area contributed by atoms with Crippen LogP contribution in [-0.2, 0) is 28.3 Å². The molecular weight excluding hydrogens is 260 g/mol. The van der Waals surface area contributed by atoms with E-state index < -0.39 is 11.6 Å². The van der Waals surface area contributed by atoms with Crippen molar-refractivity contribution in [3.63, 3.8) is 0 Å². The lowest BCUT2D eigenvalue weighted by atomic mass is 9.86. The maximum atomic E-state index is 12.4. The average molecular weight is 274 g/mol. The quantitative estimate of drug-likeness (QED) is 0.727. The van der Waals surface area contributed by atoms with E-state index in [0.29, 0.717) is 11.3 Å². The third-order valence-corrected chi connectivity index (χ3v) is 4.00. The summed E-state index contributed by atoms with van der Waals surface area (Å²) in [6.07, 6.45) is 0.107. The minimum Gasteiger partial charge on any atom is -0.458 e. The van der Waals surface area contributed by atoms with Gasteiger partial charge >= 0.3 is 5.97 Å². The molecule has 6 heteroatoms. The molecule has 0 bridgehead atoms. The van der Waals surface area contributed by atoms with E-state index in [2.05, 4.69) is 6.58 Å². The molecule has 0 saturated heterocycles. The molecule has 3 rings (SSSR count). The second kappa shape index (κ2) is 3.89. The molecule has 1 aromatic rings. The van der Waals surface area contributed by atoms with Gasteiger partial charge in [-0.25, -0.2) is 4.79 Å². The van der Waals surface area contributed by atoms with Crippen molar-refractivity contribution in [3.05, 3.63) is 45.4 Å². The van der Waals surface area contributed by atoms with Crippen LogP contribution in [0.25, 0.3) is 0 Å². The number of esters is 1. The maximum Gasteiger partial charge on any atom is 0.343 e. The van der Waals surface area contributed by atoms with E-state index in [1.807, 2.05) is 0 Å². The van der Waals surface area contributed by atoms with E-state index in [1.165, 1.54) is 4.57 Å². The van der Waals surface area contributed by atoms with Gasteiger partial charge < -0.3 is 14.4 Å². The summed E-state index contributed by atoms with van der Waals surface area (Å²) < 4.78 is 6.36. The van der Waals surface area contributed by atoms with E-state index in [0.717, 1.165) is 0 Å². The standard InChI is InChI=1S/C14H14N2O4/c1-3-14(19)9-4-10-11(15)7(2)5-16(10)12(17)8(9)6-20-13(14)18/h4,15,19H,2-3,5-6H2,1H3/t14-/m0/s1. The van der Waals surface area contributed by atoms with Crippen LogP contribution in [0, 0.1) is 5.41 Å². The molecule has 6 nitrogen and oxygen atoms in total. The smallest absolute Gasteiger partial charge is 0.343 e. The van der Waals surface area contributed by atoms with Gasteiger partial charge in [0.15, 0.2) is 5.60 Å². The number of cyclic esters (lactones) is 1. The van der Waals surface area contributed by atoms with Gasteiger partial charge in [-0.3, -0.25) is 10.2 Å². The second-order valence-electron chi connectivity index (χ2n) is 5.08. The molecule has 104 valence electrons. The van der Waals surface area contributed by atoms with Crippen molar-refractivity contribution in [2.24, 2.45) is 0 Å². The van der Waals surface area contributed by atoms with E-state index >= 15 is 0 Å².